The van der Waals surface area contributed by atoms with Crippen molar-refractivity contribution in [2.24, 2.45) is 0 Å². The maximum absolute atomic E-state index is 12.6. The van der Waals surface area contributed by atoms with Gasteiger partial charge in [0, 0.05) is 39.3 Å². The molecule has 3 heterocycles. The maximum Gasteiger partial charge on any atom is 0.410 e. The summed E-state index contributed by atoms with van der Waals surface area (Å²) in [5.74, 6) is 0.993. The summed E-state index contributed by atoms with van der Waals surface area (Å²) < 4.78 is 17.6. The highest BCUT2D eigenvalue weighted by atomic mass is 16.6. The van der Waals surface area contributed by atoms with Crippen molar-refractivity contribution in [2.45, 2.75) is 72.2 Å². The molecule has 1 saturated heterocycles. The van der Waals surface area contributed by atoms with Crippen LogP contribution in [-0.4, -0.2) is 86.1 Å². The second kappa shape index (κ2) is 9.71. The van der Waals surface area contributed by atoms with Crippen LogP contribution in [0.2, 0.25) is 0 Å². The van der Waals surface area contributed by atoms with Crippen LogP contribution in [0.4, 0.5) is 10.5 Å². The third-order valence-electron chi connectivity index (χ3n) is 6.79. The lowest BCUT2D eigenvalue weighted by molar-refractivity contribution is -0.0671. The van der Waals surface area contributed by atoms with Crippen LogP contribution >= 0.6 is 0 Å². The van der Waals surface area contributed by atoms with Gasteiger partial charge in [-0.2, -0.15) is 0 Å². The SMILES string of the molecule is Cc1c2c(cc3c1N(CCN1C[C@@H](C)O[C@@H](C)C1)CCO3)CCN(C(=O)OC(C)(C)C)CC2. The zero-order valence-corrected chi connectivity index (χ0v) is 21.3. The standard InChI is InChI=1S/C26H41N3O4/c1-18-16-27(17-19(2)32-18)11-12-28-13-14-31-23-15-21-7-9-29(25(30)33-26(4,5)6)10-8-22(21)20(3)24(23)28/h15,18-19H,7-14,16-17H2,1-6H3/t18-,19+. The largest absolute Gasteiger partial charge is 0.490 e. The average molecular weight is 460 g/mol. The molecule has 3 aliphatic rings. The summed E-state index contributed by atoms with van der Waals surface area (Å²) in [4.78, 5) is 19.5. The molecule has 7 heteroatoms. The Balaban J connectivity index is 1.48. The van der Waals surface area contributed by atoms with Crippen LogP contribution in [0.15, 0.2) is 6.07 Å². The fraction of sp³-hybridized carbons (Fsp3) is 0.731. The fourth-order valence-electron chi connectivity index (χ4n) is 5.41. The summed E-state index contributed by atoms with van der Waals surface area (Å²) >= 11 is 0. The van der Waals surface area contributed by atoms with E-state index in [2.05, 4.69) is 36.6 Å². The molecule has 0 unspecified atom stereocenters. The van der Waals surface area contributed by atoms with E-state index in [1.54, 1.807) is 0 Å². The van der Waals surface area contributed by atoms with Gasteiger partial charge in [0.2, 0.25) is 0 Å². The first kappa shape index (κ1) is 24.1. The second-order valence-electron chi connectivity index (χ2n) is 10.8. The number of amides is 1. The Hall–Kier alpha value is -1.99. The summed E-state index contributed by atoms with van der Waals surface area (Å²) in [5.41, 5.74) is 4.73. The number of ether oxygens (including phenoxy) is 3. The highest BCUT2D eigenvalue weighted by molar-refractivity contribution is 5.71. The lowest BCUT2D eigenvalue weighted by Crippen LogP contribution is -2.48. The number of anilines is 1. The summed E-state index contributed by atoms with van der Waals surface area (Å²) in [6.45, 7) is 19.3. The molecule has 7 nitrogen and oxygen atoms in total. The Morgan fingerprint density at radius 1 is 1.09 bits per heavy atom. The van der Waals surface area contributed by atoms with Gasteiger partial charge >= 0.3 is 6.09 Å². The van der Waals surface area contributed by atoms with Gasteiger partial charge in [-0.3, -0.25) is 4.90 Å². The van der Waals surface area contributed by atoms with E-state index < -0.39 is 5.60 Å². The smallest absolute Gasteiger partial charge is 0.410 e. The highest BCUT2D eigenvalue weighted by Crippen LogP contribution is 2.40. The molecule has 0 spiro atoms. The van der Waals surface area contributed by atoms with Crippen molar-refractivity contribution < 1.29 is 19.0 Å². The summed E-state index contributed by atoms with van der Waals surface area (Å²) in [5, 5.41) is 0. The molecule has 1 aromatic rings. The third-order valence-corrected chi connectivity index (χ3v) is 6.79. The van der Waals surface area contributed by atoms with Crippen LogP contribution in [0.25, 0.3) is 0 Å². The molecule has 4 rings (SSSR count). The van der Waals surface area contributed by atoms with Gasteiger partial charge in [0.05, 0.1) is 24.4 Å². The lowest BCUT2D eigenvalue weighted by Gasteiger charge is -2.38. The van der Waals surface area contributed by atoms with Crippen LogP contribution in [0, 0.1) is 6.92 Å². The van der Waals surface area contributed by atoms with Crippen molar-refractivity contribution in [3.63, 3.8) is 0 Å². The lowest BCUT2D eigenvalue weighted by atomic mass is 9.94. The highest BCUT2D eigenvalue weighted by Gasteiger charge is 2.29. The number of rotatable bonds is 3. The molecule has 0 aromatic heterocycles. The average Bonchev–Trinajstić information content (AvgIpc) is 2.93. The van der Waals surface area contributed by atoms with E-state index in [0.717, 1.165) is 51.3 Å². The first-order valence-corrected chi connectivity index (χ1v) is 12.5. The minimum Gasteiger partial charge on any atom is -0.490 e. The number of carbonyl (C=O) groups is 1. The molecule has 0 saturated carbocycles. The van der Waals surface area contributed by atoms with E-state index in [4.69, 9.17) is 14.2 Å². The summed E-state index contributed by atoms with van der Waals surface area (Å²) in [6, 6.07) is 2.22. The van der Waals surface area contributed by atoms with Crippen molar-refractivity contribution in [3.8, 4) is 5.75 Å². The van der Waals surface area contributed by atoms with Gasteiger partial charge in [-0.05, 0) is 77.1 Å². The quantitative estimate of drug-likeness (QED) is 0.688. The van der Waals surface area contributed by atoms with E-state index >= 15 is 0 Å². The van der Waals surface area contributed by atoms with E-state index in [0.29, 0.717) is 19.7 Å². The monoisotopic (exact) mass is 459 g/mol. The zero-order chi connectivity index (χ0) is 23.8. The van der Waals surface area contributed by atoms with Crippen LogP contribution in [-0.2, 0) is 22.3 Å². The molecule has 184 valence electrons. The molecule has 33 heavy (non-hydrogen) atoms. The van der Waals surface area contributed by atoms with Crippen molar-refractivity contribution >= 4 is 11.8 Å². The van der Waals surface area contributed by atoms with E-state index in [1.807, 2.05) is 25.7 Å². The van der Waals surface area contributed by atoms with Crippen LogP contribution < -0.4 is 9.64 Å². The van der Waals surface area contributed by atoms with Crippen molar-refractivity contribution in [3.05, 3.63) is 22.8 Å². The molecule has 0 radical (unpaired) electrons. The first-order chi connectivity index (χ1) is 15.6. The Kier molecular flexibility index (Phi) is 7.10. The Bertz CT molecular complexity index is 856. The van der Waals surface area contributed by atoms with Crippen molar-refractivity contribution in [2.75, 3.05) is 57.3 Å². The maximum atomic E-state index is 12.6. The molecule has 0 aliphatic carbocycles. The minimum absolute atomic E-state index is 0.218. The Morgan fingerprint density at radius 2 is 1.79 bits per heavy atom. The number of morpholine rings is 1. The van der Waals surface area contributed by atoms with E-state index in [1.165, 1.54) is 22.4 Å². The van der Waals surface area contributed by atoms with Crippen LogP contribution in [0.5, 0.6) is 5.75 Å². The second-order valence-corrected chi connectivity index (χ2v) is 10.8. The van der Waals surface area contributed by atoms with Crippen molar-refractivity contribution in [1.29, 1.82) is 0 Å². The molecule has 1 amide bonds. The first-order valence-electron chi connectivity index (χ1n) is 12.5. The Labute approximate surface area is 198 Å². The zero-order valence-electron chi connectivity index (χ0n) is 21.3. The topological polar surface area (TPSA) is 54.5 Å². The summed E-state index contributed by atoms with van der Waals surface area (Å²) in [7, 11) is 0. The van der Waals surface area contributed by atoms with Crippen LogP contribution in [0.1, 0.15) is 51.3 Å². The normalized spacial score (nSPS) is 23.9. The number of nitrogens with zero attached hydrogens (tertiary/aromatic N) is 3. The molecule has 1 fully saturated rings. The van der Waals surface area contributed by atoms with Crippen molar-refractivity contribution in [1.82, 2.24) is 9.80 Å². The number of benzene rings is 1. The molecule has 3 aliphatic heterocycles. The predicted octanol–water partition coefficient (Wildman–Crippen LogP) is 3.64. The third kappa shape index (κ3) is 5.75. The molecule has 1 aromatic carbocycles. The Morgan fingerprint density at radius 3 is 2.48 bits per heavy atom. The molecular formula is C26H41N3O4. The number of fused-ring (bicyclic) bond motifs is 2. The van der Waals surface area contributed by atoms with E-state index in [9.17, 15) is 4.79 Å². The van der Waals surface area contributed by atoms with Crippen LogP contribution in [0.3, 0.4) is 0 Å². The van der Waals surface area contributed by atoms with Gasteiger partial charge in [0.15, 0.2) is 0 Å². The molecule has 2 atom stereocenters. The molecule has 0 bridgehead atoms. The molecule has 0 N–H and O–H groups in total. The van der Waals surface area contributed by atoms with Gasteiger partial charge in [-0.25, -0.2) is 4.79 Å². The predicted molar refractivity (Wildman–Crippen MR) is 131 cm³/mol. The van der Waals surface area contributed by atoms with Gasteiger partial charge in [0.1, 0.15) is 18.0 Å². The fourth-order valence-corrected chi connectivity index (χ4v) is 5.41. The number of hydrogen-bond acceptors (Lipinski definition) is 6. The number of hydrogen-bond donors (Lipinski definition) is 0. The number of carbonyl (C=O) groups excluding carboxylic acids is 1. The molecular weight excluding hydrogens is 418 g/mol. The minimum atomic E-state index is -0.477. The van der Waals surface area contributed by atoms with E-state index in [-0.39, 0.29) is 18.3 Å². The van der Waals surface area contributed by atoms with Gasteiger partial charge in [0.25, 0.3) is 0 Å². The van der Waals surface area contributed by atoms with Gasteiger partial charge < -0.3 is 24.0 Å². The van der Waals surface area contributed by atoms with Gasteiger partial charge in [-0.15, -0.1) is 0 Å². The summed E-state index contributed by atoms with van der Waals surface area (Å²) in [6.07, 6.45) is 2.03. The van der Waals surface area contributed by atoms with Gasteiger partial charge in [-0.1, -0.05) is 0 Å².